The van der Waals surface area contributed by atoms with E-state index >= 15 is 0 Å². The predicted octanol–water partition coefficient (Wildman–Crippen LogP) is 26.3. The third-order valence-electron chi connectivity index (χ3n) is 17.5. The van der Waals surface area contributed by atoms with Crippen molar-refractivity contribution in [2.45, 2.75) is 367 Å². The van der Waals surface area contributed by atoms with E-state index in [2.05, 4.69) is 135 Å². The average molecular weight is 1360 g/mol. The van der Waals surface area contributed by atoms with Gasteiger partial charge in [-0.1, -0.05) is 360 Å². The van der Waals surface area contributed by atoms with Gasteiger partial charge in [0.05, 0.1) is 27.7 Å². The molecule has 2 atom stereocenters. The molecule has 0 aromatic rings. The summed E-state index contributed by atoms with van der Waals surface area (Å²) >= 11 is 0. The summed E-state index contributed by atoms with van der Waals surface area (Å²) in [5.41, 5.74) is 0. The van der Waals surface area contributed by atoms with Gasteiger partial charge in [-0.2, -0.15) is 0 Å². The zero-order chi connectivity index (χ0) is 69.7. The molecule has 0 saturated carbocycles. The van der Waals surface area contributed by atoms with Crippen LogP contribution in [0.1, 0.15) is 361 Å². The van der Waals surface area contributed by atoms with Crippen molar-refractivity contribution in [1.29, 1.82) is 0 Å². The summed E-state index contributed by atoms with van der Waals surface area (Å²) in [6, 6.07) is 0. The Hall–Kier alpha value is -3.59. The Kier molecular flexibility index (Phi) is 72.8. The first-order valence-corrected chi connectivity index (χ1v) is 41.7. The normalized spacial score (nSPS) is 13.7. The number of hydrogen-bond donors (Lipinski definition) is 0. The number of ether oxygens (including phenoxy) is 2. The molecule has 0 heterocycles. The number of carbonyl (C=O) groups is 2. The van der Waals surface area contributed by atoms with Gasteiger partial charge in [0.1, 0.15) is 19.8 Å². The summed E-state index contributed by atoms with van der Waals surface area (Å²) in [6.45, 7) is 4.13. The summed E-state index contributed by atoms with van der Waals surface area (Å²) in [6.07, 6.45) is 109. The van der Waals surface area contributed by atoms with Gasteiger partial charge in [-0.3, -0.25) is 14.2 Å². The number of nitrogens with zero attached hydrogens (tertiary/aromatic N) is 1. The number of rotatable bonds is 74. The number of quaternary nitrogens is 1. The molecule has 0 aliphatic rings. The Morgan fingerprint density at radius 1 is 0.333 bits per heavy atom. The Labute approximate surface area is 594 Å². The molecule has 0 N–H and O–H groups in total. The number of phosphoric ester groups is 1. The van der Waals surface area contributed by atoms with Crippen LogP contribution in [0.3, 0.4) is 0 Å². The molecule has 0 amide bonds. The third-order valence-corrected chi connectivity index (χ3v) is 18.4. The van der Waals surface area contributed by atoms with Gasteiger partial charge in [-0.15, -0.1) is 0 Å². The van der Waals surface area contributed by atoms with E-state index in [4.69, 9.17) is 18.5 Å². The molecule has 0 bridgehead atoms. The van der Waals surface area contributed by atoms with Crippen LogP contribution >= 0.6 is 7.82 Å². The van der Waals surface area contributed by atoms with Crippen molar-refractivity contribution in [3.63, 3.8) is 0 Å². The SMILES string of the molecule is CC/C=C\C/C=C\C/C=C\C/C=C\C/C=C\C/C=C\C/C=C\C/C=C\CCCCCCCCC(=O)OC(COC(=O)CCCCCCCCCCCCCCCCCCCCCCCCCCCCCCC/C=C\C/C=C\CCCCCCC)COP(=O)([O-])OCC[N+](C)(C)C. The van der Waals surface area contributed by atoms with Crippen LogP contribution in [0.2, 0.25) is 0 Å². The fourth-order valence-corrected chi connectivity index (χ4v) is 12.1. The first-order chi connectivity index (χ1) is 47.0. The number of unbranched alkanes of at least 4 members (excludes halogenated alkanes) is 40. The van der Waals surface area contributed by atoms with Crippen molar-refractivity contribution < 1.29 is 42.1 Å². The van der Waals surface area contributed by atoms with E-state index in [9.17, 15) is 19.0 Å². The van der Waals surface area contributed by atoms with Crippen LogP contribution in [-0.2, 0) is 32.7 Å². The quantitative estimate of drug-likeness (QED) is 0.0195. The van der Waals surface area contributed by atoms with Crippen molar-refractivity contribution in [2.24, 2.45) is 0 Å². The van der Waals surface area contributed by atoms with E-state index in [-0.39, 0.29) is 32.0 Å². The van der Waals surface area contributed by atoms with E-state index in [1.165, 1.54) is 212 Å². The summed E-state index contributed by atoms with van der Waals surface area (Å²) in [5.74, 6) is -0.843. The lowest BCUT2D eigenvalue weighted by atomic mass is 10.0. The maximum atomic E-state index is 12.9. The highest BCUT2D eigenvalue weighted by Crippen LogP contribution is 2.38. The number of carbonyl (C=O) groups excluding carboxylic acids is 2. The van der Waals surface area contributed by atoms with Gasteiger partial charge in [0, 0.05) is 12.8 Å². The highest BCUT2D eigenvalue weighted by atomic mass is 31.2. The second-order valence-electron chi connectivity index (χ2n) is 28.0. The maximum absolute atomic E-state index is 12.9. The smallest absolute Gasteiger partial charge is 0.306 e. The molecule has 2 unspecified atom stereocenters. The van der Waals surface area contributed by atoms with E-state index in [1.807, 2.05) is 21.1 Å². The van der Waals surface area contributed by atoms with Crippen LogP contribution in [0.15, 0.2) is 122 Å². The molecule has 9 nitrogen and oxygen atoms in total. The fraction of sp³-hybridized carbons (Fsp3) is 0.744. The number of esters is 2. The van der Waals surface area contributed by atoms with Crippen molar-refractivity contribution in [1.82, 2.24) is 0 Å². The van der Waals surface area contributed by atoms with E-state index < -0.39 is 26.5 Å². The summed E-state index contributed by atoms with van der Waals surface area (Å²) < 4.78 is 34.4. The number of phosphoric acid groups is 1. The van der Waals surface area contributed by atoms with E-state index in [0.29, 0.717) is 17.4 Å². The topological polar surface area (TPSA) is 111 Å². The average Bonchev–Trinajstić information content (AvgIpc) is 1.97. The minimum atomic E-state index is -4.66. The molecule has 0 aromatic heterocycles. The highest BCUT2D eigenvalue weighted by molar-refractivity contribution is 7.45. The first-order valence-electron chi connectivity index (χ1n) is 40.2. The van der Waals surface area contributed by atoms with E-state index in [0.717, 1.165) is 116 Å². The molecule has 10 heteroatoms. The van der Waals surface area contributed by atoms with Crippen LogP contribution in [0.25, 0.3) is 0 Å². The zero-order valence-electron chi connectivity index (χ0n) is 63.3. The van der Waals surface area contributed by atoms with Gasteiger partial charge in [-0.05, 0) is 109 Å². The minimum absolute atomic E-state index is 0.0381. The lowest BCUT2D eigenvalue weighted by Crippen LogP contribution is -2.37. The molecule has 0 rings (SSSR count). The highest BCUT2D eigenvalue weighted by Gasteiger charge is 2.22. The molecule has 0 radical (unpaired) electrons. The van der Waals surface area contributed by atoms with Crippen molar-refractivity contribution in [2.75, 3.05) is 47.5 Å². The molecule has 0 aliphatic carbocycles. The van der Waals surface area contributed by atoms with Crippen molar-refractivity contribution in [3.8, 4) is 0 Å². The number of allylic oxidation sites excluding steroid dienone is 20. The Morgan fingerprint density at radius 3 is 0.885 bits per heavy atom. The maximum Gasteiger partial charge on any atom is 0.306 e. The van der Waals surface area contributed by atoms with Crippen LogP contribution in [0, 0.1) is 0 Å². The molecule has 0 fully saturated rings. The van der Waals surface area contributed by atoms with Crippen LogP contribution in [0.5, 0.6) is 0 Å². The summed E-state index contributed by atoms with van der Waals surface area (Å²) in [5, 5.41) is 0. The van der Waals surface area contributed by atoms with Gasteiger partial charge >= 0.3 is 11.9 Å². The van der Waals surface area contributed by atoms with Gasteiger partial charge in [0.25, 0.3) is 7.82 Å². The molecule has 0 saturated heterocycles. The van der Waals surface area contributed by atoms with Crippen LogP contribution < -0.4 is 4.89 Å². The third kappa shape index (κ3) is 79.4. The second kappa shape index (κ2) is 75.6. The van der Waals surface area contributed by atoms with Crippen molar-refractivity contribution >= 4 is 19.8 Å². The van der Waals surface area contributed by atoms with Gasteiger partial charge in [0.2, 0.25) is 0 Å². The Balaban J connectivity index is 3.96. The molecule has 0 spiro atoms. The molecule has 96 heavy (non-hydrogen) atoms. The number of hydrogen-bond acceptors (Lipinski definition) is 8. The van der Waals surface area contributed by atoms with Crippen LogP contribution in [0.4, 0.5) is 0 Å². The second-order valence-corrected chi connectivity index (χ2v) is 29.5. The van der Waals surface area contributed by atoms with Gasteiger partial charge in [0.15, 0.2) is 6.10 Å². The first kappa shape index (κ1) is 92.4. The Bertz CT molecular complexity index is 2040. The predicted molar refractivity (Wildman–Crippen MR) is 415 cm³/mol. The standard InChI is InChI=1S/C86H152NO8P/c1-6-8-10-12-14-16-18-20-22-24-26-28-30-32-34-36-38-39-40-41-42-43-44-45-46-47-49-50-52-54-56-58-60-62-64-66-68-70-72-74-76-78-85(88)92-82-84(83-94-96(90,91)93-81-80-87(3,4)5)95-86(89)79-77-75-73-71-69-67-65-63-61-59-57-55-53-51-48-37-35-33-31-29-27-25-23-21-19-17-15-13-11-9-7-2/h9,11,15,17-18,20-21,23-24,26-27,29,33,35,48,51,55,57,61,63,84H,6-8,10,12-14,16,19,22,25,28,30-32,34,36-47,49-50,52-54,56,58-60,62,64-83H2,1-5H3/b11-9-,17-15-,20-18-,23-21-,26-24-,29-27-,35-33-,51-48-,57-55-,63-61-. The largest absolute Gasteiger partial charge is 0.756 e. The molecule has 554 valence electrons. The minimum Gasteiger partial charge on any atom is -0.756 e. The van der Waals surface area contributed by atoms with Crippen molar-refractivity contribution in [3.05, 3.63) is 122 Å². The van der Waals surface area contributed by atoms with Gasteiger partial charge in [-0.25, -0.2) is 0 Å². The molecular formula is C86H152NO8P. The Morgan fingerprint density at radius 2 is 0.594 bits per heavy atom. The fourth-order valence-electron chi connectivity index (χ4n) is 11.4. The molecule has 0 aliphatic heterocycles. The summed E-state index contributed by atoms with van der Waals surface area (Å²) in [4.78, 5) is 38.2. The lowest BCUT2D eigenvalue weighted by Gasteiger charge is -2.28. The summed E-state index contributed by atoms with van der Waals surface area (Å²) in [7, 11) is 1.15. The van der Waals surface area contributed by atoms with E-state index in [1.54, 1.807) is 0 Å². The molecule has 0 aromatic carbocycles. The lowest BCUT2D eigenvalue weighted by molar-refractivity contribution is -0.870. The number of likely N-dealkylation sites (N-methyl/N-ethyl adjacent to an activating group) is 1. The monoisotopic (exact) mass is 1360 g/mol. The zero-order valence-corrected chi connectivity index (χ0v) is 64.2. The molecular weight excluding hydrogens is 1210 g/mol. The van der Waals surface area contributed by atoms with Gasteiger partial charge < -0.3 is 27.9 Å². The van der Waals surface area contributed by atoms with Crippen LogP contribution in [-0.4, -0.2) is 70.0 Å².